The monoisotopic (exact) mass is 374 g/mol. The van der Waals surface area contributed by atoms with E-state index in [1.165, 1.54) is 28.7 Å². The van der Waals surface area contributed by atoms with E-state index in [-0.39, 0.29) is 11.8 Å². The Morgan fingerprint density at radius 3 is 2.92 bits per heavy atom. The van der Waals surface area contributed by atoms with E-state index in [0.717, 1.165) is 30.8 Å². The smallest absolute Gasteiger partial charge is 0.235 e. The molecule has 0 spiro atoms. The highest BCUT2D eigenvalue weighted by molar-refractivity contribution is 7.93. The molecule has 6 nitrogen and oxygen atoms in total. The predicted octanol–water partition coefficient (Wildman–Crippen LogP) is 2.61. The number of imidazole rings is 1. The van der Waals surface area contributed by atoms with Gasteiger partial charge in [-0.1, -0.05) is 12.1 Å². The summed E-state index contributed by atoms with van der Waals surface area (Å²) in [7, 11) is -3.14. The lowest BCUT2D eigenvalue weighted by molar-refractivity contribution is 0.487. The van der Waals surface area contributed by atoms with Gasteiger partial charge in [0, 0.05) is 38.3 Å². The molecule has 1 saturated heterocycles. The molecule has 2 aromatic rings. The third-order valence-electron chi connectivity index (χ3n) is 5.40. The summed E-state index contributed by atoms with van der Waals surface area (Å²) in [6, 6.07) is 8.00. The second-order valence-electron chi connectivity index (χ2n) is 7.21. The lowest BCUT2D eigenvalue weighted by Gasteiger charge is -2.21. The number of hydrogen-bond donors (Lipinski definition) is 1. The van der Waals surface area contributed by atoms with Crippen molar-refractivity contribution >= 4 is 15.7 Å². The molecule has 7 heteroatoms. The highest BCUT2D eigenvalue weighted by atomic mass is 32.2. The fourth-order valence-electron chi connectivity index (χ4n) is 3.87. The Morgan fingerprint density at radius 2 is 2.12 bits per heavy atom. The lowest BCUT2D eigenvalue weighted by Crippen LogP contribution is -2.26. The average Bonchev–Trinajstić information content (AvgIpc) is 3.22. The van der Waals surface area contributed by atoms with Crippen LogP contribution in [0.3, 0.4) is 0 Å². The fourth-order valence-corrected chi connectivity index (χ4v) is 5.43. The summed E-state index contributed by atoms with van der Waals surface area (Å²) in [6.07, 6.45) is 6.20. The van der Waals surface area contributed by atoms with Gasteiger partial charge < -0.3 is 9.88 Å². The van der Waals surface area contributed by atoms with Crippen LogP contribution in [0.25, 0.3) is 0 Å². The lowest BCUT2D eigenvalue weighted by atomic mass is 10.1. The Morgan fingerprint density at radius 1 is 1.23 bits per heavy atom. The predicted molar refractivity (Wildman–Crippen MR) is 103 cm³/mol. The summed E-state index contributed by atoms with van der Waals surface area (Å²) < 4.78 is 28.2. The quantitative estimate of drug-likeness (QED) is 0.874. The zero-order valence-corrected chi connectivity index (χ0v) is 16.0. The van der Waals surface area contributed by atoms with Gasteiger partial charge in [0.15, 0.2) is 0 Å². The highest BCUT2D eigenvalue weighted by Gasteiger charge is 2.28. The van der Waals surface area contributed by atoms with Gasteiger partial charge in [-0.3, -0.25) is 4.31 Å². The first-order valence-electron chi connectivity index (χ1n) is 9.42. The Hall–Kier alpha value is -1.86. The van der Waals surface area contributed by atoms with Crippen LogP contribution in [0.1, 0.15) is 49.3 Å². The number of sulfonamides is 1. The minimum Gasteiger partial charge on any atom is -0.331 e. The van der Waals surface area contributed by atoms with E-state index in [2.05, 4.69) is 27.9 Å². The van der Waals surface area contributed by atoms with Gasteiger partial charge in [0.1, 0.15) is 5.82 Å². The molecule has 1 aromatic heterocycles. The number of benzene rings is 1. The first kappa shape index (κ1) is 17.5. The number of hydrogen-bond acceptors (Lipinski definition) is 4. The number of rotatable bonds is 5. The summed E-state index contributed by atoms with van der Waals surface area (Å²) in [5.41, 5.74) is 3.10. The number of nitrogens with one attached hydrogen (secondary N) is 1. The summed E-state index contributed by atoms with van der Waals surface area (Å²) in [4.78, 5) is 4.54. The normalized spacial score (nSPS) is 20.1. The van der Waals surface area contributed by atoms with Crippen molar-refractivity contribution in [1.29, 1.82) is 0 Å². The fraction of sp³-hybridized carbons (Fsp3) is 0.526. The van der Waals surface area contributed by atoms with Crippen molar-refractivity contribution in [2.45, 2.75) is 51.7 Å². The van der Waals surface area contributed by atoms with Crippen LogP contribution >= 0.6 is 0 Å². The molecule has 0 saturated carbocycles. The summed E-state index contributed by atoms with van der Waals surface area (Å²) in [6.45, 7) is 4.52. The van der Waals surface area contributed by atoms with Crippen LogP contribution in [0, 0.1) is 0 Å². The van der Waals surface area contributed by atoms with Crippen molar-refractivity contribution in [3.05, 3.63) is 47.5 Å². The van der Waals surface area contributed by atoms with Crippen molar-refractivity contribution in [2.75, 3.05) is 16.6 Å². The summed E-state index contributed by atoms with van der Waals surface area (Å²) >= 11 is 0. The van der Waals surface area contributed by atoms with Crippen LogP contribution < -0.4 is 9.62 Å². The van der Waals surface area contributed by atoms with Gasteiger partial charge in [0.25, 0.3) is 0 Å². The number of fused-ring (bicyclic) bond motifs is 1. The van der Waals surface area contributed by atoms with E-state index >= 15 is 0 Å². The van der Waals surface area contributed by atoms with Crippen molar-refractivity contribution in [3.63, 3.8) is 0 Å². The molecule has 1 unspecified atom stereocenters. The highest BCUT2D eigenvalue weighted by Crippen LogP contribution is 2.27. The first-order valence-corrected chi connectivity index (χ1v) is 11.0. The van der Waals surface area contributed by atoms with Crippen LogP contribution in [0.15, 0.2) is 30.5 Å². The van der Waals surface area contributed by atoms with Crippen LogP contribution in [-0.2, 0) is 29.5 Å². The second-order valence-corrected chi connectivity index (χ2v) is 9.23. The average molecular weight is 375 g/mol. The number of nitrogens with zero attached hydrogens (tertiary/aromatic N) is 3. The van der Waals surface area contributed by atoms with Crippen LogP contribution in [0.5, 0.6) is 0 Å². The molecule has 26 heavy (non-hydrogen) atoms. The molecular weight excluding hydrogens is 348 g/mol. The van der Waals surface area contributed by atoms with Gasteiger partial charge in [0.05, 0.1) is 17.1 Å². The van der Waals surface area contributed by atoms with Crippen LogP contribution in [0.2, 0.25) is 0 Å². The van der Waals surface area contributed by atoms with Crippen LogP contribution in [-0.4, -0.2) is 30.3 Å². The first-order chi connectivity index (χ1) is 12.5. The minimum absolute atomic E-state index is 0.134. The topological polar surface area (TPSA) is 67.2 Å². The van der Waals surface area contributed by atoms with E-state index in [9.17, 15) is 8.42 Å². The molecule has 3 heterocycles. The largest absolute Gasteiger partial charge is 0.331 e. The van der Waals surface area contributed by atoms with E-state index < -0.39 is 10.0 Å². The van der Waals surface area contributed by atoms with E-state index in [0.29, 0.717) is 13.0 Å². The molecule has 0 amide bonds. The number of aryl methyl sites for hydroxylation is 1. The molecule has 0 radical (unpaired) electrons. The Balaban J connectivity index is 1.46. The standard InChI is InChI=1S/C19H26N4O2S/c1-15(20-13-18-14-21-19-8-2-3-9-22(18)19)16-6-4-7-17(12-16)23-10-5-11-26(23,24)25/h4,6-7,12,14-15,20H,2-3,5,8-11,13H2,1H3. The minimum atomic E-state index is -3.14. The summed E-state index contributed by atoms with van der Waals surface area (Å²) in [5.74, 6) is 1.44. The summed E-state index contributed by atoms with van der Waals surface area (Å²) in [5, 5.41) is 3.56. The molecule has 4 rings (SSSR count). The maximum atomic E-state index is 12.2. The van der Waals surface area contributed by atoms with Crippen molar-refractivity contribution < 1.29 is 8.42 Å². The number of anilines is 1. The van der Waals surface area contributed by atoms with Crippen molar-refractivity contribution in [2.24, 2.45) is 0 Å². The SMILES string of the molecule is CC(NCc1cnc2n1CCCC2)c1cccc(N2CCCS2(=O)=O)c1. The Bertz CT molecular complexity index is 891. The Kier molecular flexibility index (Phi) is 4.75. The Labute approximate surface area is 155 Å². The molecule has 1 atom stereocenters. The van der Waals surface area contributed by atoms with Gasteiger partial charge in [-0.15, -0.1) is 0 Å². The molecular formula is C19H26N4O2S. The third-order valence-corrected chi connectivity index (χ3v) is 7.27. The van der Waals surface area contributed by atoms with Gasteiger partial charge in [0.2, 0.25) is 10.0 Å². The molecule has 1 N–H and O–H groups in total. The zero-order chi connectivity index (χ0) is 18.1. The van der Waals surface area contributed by atoms with Gasteiger partial charge >= 0.3 is 0 Å². The third kappa shape index (κ3) is 3.38. The van der Waals surface area contributed by atoms with Gasteiger partial charge in [-0.25, -0.2) is 13.4 Å². The molecule has 0 aliphatic carbocycles. The van der Waals surface area contributed by atoms with Crippen molar-refractivity contribution in [3.8, 4) is 0 Å². The van der Waals surface area contributed by atoms with Crippen LogP contribution in [0.4, 0.5) is 5.69 Å². The second kappa shape index (κ2) is 7.04. The maximum absolute atomic E-state index is 12.2. The van der Waals surface area contributed by atoms with E-state index in [1.54, 1.807) is 0 Å². The van der Waals surface area contributed by atoms with Gasteiger partial charge in [-0.05, 0) is 43.9 Å². The van der Waals surface area contributed by atoms with E-state index in [4.69, 9.17) is 0 Å². The maximum Gasteiger partial charge on any atom is 0.235 e. The van der Waals surface area contributed by atoms with E-state index in [1.807, 2.05) is 24.4 Å². The zero-order valence-electron chi connectivity index (χ0n) is 15.2. The molecule has 2 aliphatic heterocycles. The molecule has 2 aliphatic rings. The number of aromatic nitrogens is 2. The molecule has 1 fully saturated rings. The molecule has 1 aromatic carbocycles. The molecule has 0 bridgehead atoms. The molecule has 140 valence electrons. The van der Waals surface area contributed by atoms with Crippen molar-refractivity contribution in [1.82, 2.24) is 14.9 Å². The van der Waals surface area contributed by atoms with Gasteiger partial charge in [-0.2, -0.15) is 0 Å².